The maximum Gasteiger partial charge on any atom is 0.302 e. The highest BCUT2D eigenvalue weighted by atomic mass is 16.7. The Hall–Kier alpha value is -1.55. The fraction of sp³-hybridized carbons (Fsp3) is 0.696. The summed E-state index contributed by atoms with van der Waals surface area (Å²) in [4.78, 5) is 10.8. The molecule has 0 amide bonds. The smallest absolute Gasteiger partial charge is 0.302 e. The first-order valence-electron chi connectivity index (χ1n) is 9.94. The van der Waals surface area contributed by atoms with E-state index in [-0.39, 0.29) is 29.7 Å². The Kier molecular flexibility index (Phi) is 8.80. The molecule has 0 radical (unpaired) electrons. The van der Waals surface area contributed by atoms with Crippen molar-refractivity contribution in [2.75, 3.05) is 13.2 Å². The second kappa shape index (κ2) is 10.1. The number of rotatable bonds is 9. The Morgan fingerprint density at radius 3 is 2.26 bits per heavy atom. The summed E-state index contributed by atoms with van der Waals surface area (Å²) >= 11 is 0. The van der Waals surface area contributed by atoms with E-state index in [1.54, 1.807) is 0 Å². The summed E-state index contributed by atoms with van der Waals surface area (Å²) in [6.45, 7) is 17.7. The van der Waals surface area contributed by atoms with Crippen molar-refractivity contribution in [3.8, 4) is 5.75 Å². The molecule has 0 aliphatic heterocycles. The number of carbonyl (C=O) groups excluding carboxylic acids is 1. The highest BCUT2D eigenvalue weighted by molar-refractivity contribution is 5.65. The van der Waals surface area contributed by atoms with Gasteiger partial charge in [-0.2, -0.15) is 0 Å². The average molecular weight is 379 g/mol. The SMILES string of the molecule is CCC(OCCOC(C)=O)Oc1cccc(C(CC(C)(C)C)C(C)(C)C)c1. The minimum Gasteiger partial charge on any atom is -0.465 e. The van der Waals surface area contributed by atoms with E-state index in [4.69, 9.17) is 14.2 Å². The largest absolute Gasteiger partial charge is 0.465 e. The highest BCUT2D eigenvalue weighted by Gasteiger charge is 2.30. The molecule has 0 aliphatic carbocycles. The minimum absolute atomic E-state index is 0.163. The summed E-state index contributed by atoms with van der Waals surface area (Å²) in [5.74, 6) is 0.952. The van der Waals surface area contributed by atoms with Crippen molar-refractivity contribution in [3.63, 3.8) is 0 Å². The molecule has 4 heteroatoms. The van der Waals surface area contributed by atoms with Crippen LogP contribution in [0.1, 0.15) is 79.7 Å². The normalized spacial score (nSPS) is 14.5. The van der Waals surface area contributed by atoms with Gasteiger partial charge in [0, 0.05) is 13.3 Å². The van der Waals surface area contributed by atoms with E-state index in [9.17, 15) is 4.79 Å². The molecule has 0 saturated carbocycles. The summed E-state index contributed by atoms with van der Waals surface area (Å²) in [5.41, 5.74) is 1.71. The summed E-state index contributed by atoms with van der Waals surface area (Å²) in [7, 11) is 0. The van der Waals surface area contributed by atoms with Gasteiger partial charge in [0.15, 0.2) is 6.29 Å². The second-order valence-electron chi connectivity index (χ2n) is 9.42. The molecule has 0 heterocycles. The molecule has 2 unspecified atom stereocenters. The van der Waals surface area contributed by atoms with Gasteiger partial charge in [0.2, 0.25) is 0 Å². The lowest BCUT2D eigenvalue weighted by Gasteiger charge is -2.36. The molecule has 0 bridgehead atoms. The number of benzene rings is 1. The molecule has 0 saturated heterocycles. The van der Waals surface area contributed by atoms with Gasteiger partial charge in [0.25, 0.3) is 0 Å². The van der Waals surface area contributed by atoms with Gasteiger partial charge in [0.1, 0.15) is 12.4 Å². The van der Waals surface area contributed by atoms with Crippen LogP contribution in [0, 0.1) is 10.8 Å². The van der Waals surface area contributed by atoms with Crippen LogP contribution < -0.4 is 4.74 Å². The van der Waals surface area contributed by atoms with Crippen molar-refractivity contribution < 1.29 is 19.0 Å². The lowest BCUT2D eigenvalue weighted by atomic mass is 9.69. The van der Waals surface area contributed by atoms with Crippen molar-refractivity contribution in [2.45, 2.75) is 80.4 Å². The zero-order chi connectivity index (χ0) is 20.7. The summed E-state index contributed by atoms with van der Waals surface area (Å²) in [6, 6.07) is 8.35. The third-order valence-corrected chi connectivity index (χ3v) is 4.42. The molecule has 4 nitrogen and oxygen atoms in total. The van der Waals surface area contributed by atoms with E-state index < -0.39 is 0 Å². The van der Waals surface area contributed by atoms with Gasteiger partial charge in [-0.25, -0.2) is 0 Å². The molecule has 0 aromatic heterocycles. The number of ether oxygens (including phenoxy) is 3. The third-order valence-electron chi connectivity index (χ3n) is 4.42. The number of hydrogen-bond donors (Lipinski definition) is 0. The van der Waals surface area contributed by atoms with Crippen LogP contribution in [0.4, 0.5) is 0 Å². The summed E-state index contributed by atoms with van der Waals surface area (Å²) in [5, 5.41) is 0. The van der Waals surface area contributed by atoms with Crippen LogP contribution in [-0.2, 0) is 14.3 Å². The van der Waals surface area contributed by atoms with Crippen LogP contribution >= 0.6 is 0 Å². The van der Waals surface area contributed by atoms with Crippen LogP contribution in [0.15, 0.2) is 24.3 Å². The van der Waals surface area contributed by atoms with Crippen molar-refractivity contribution >= 4 is 5.97 Å². The molecule has 0 aliphatic rings. The average Bonchev–Trinajstić information content (AvgIpc) is 2.53. The second-order valence-corrected chi connectivity index (χ2v) is 9.42. The predicted octanol–water partition coefficient (Wildman–Crippen LogP) is 5.95. The quantitative estimate of drug-likeness (QED) is 0.303. The molecule has 1 aromatic rings. The van der Waals surface area contributed by atoms with Crippen molar-refractivity contribution in [1.82, 2.24) is 0 Å². The molecule has 0 spiro atoms. The van der Waals surface area contributed by atoms with Crippen LogP contribution in [0.3, 0.4) is 0 Å². The molecular formula is C23H38O4. The Morgan fingerprint density at radius 1 is 1.07 bits per heavy atom. The lowest BCUT2D eigenvalue weighted by molar-refractivity contribution is -0.146. The van der Waals surface area contributed by atoms with Gasteiger partial charge in [-0.15, -0.1) is 0 Å². The fourth-order valence-electron chi connectivity index (χ4n) is 3.09. The maximum absolute atomic E-state index is 10.8. The monoisotopic (exact) mass is 378 g/mol. The molecule has 0 N–H and O–H groups in total. The number of carbonyl (C=O) groups is 1. The topological polar surface area (TPSA) is 44.8 Å². The van der Waals surface area contributed by atoms with Crippen LogP contribution in [0.2, 0.25) is 0 Å². The molecule has 1 rings (SSSR count). The van der Waals surface area contributed by atoms with Crippen molar-refractivity contribution in [3.05, 3.63) is 29.8 Å². The standard InChI is InChI=1S/C23H38O4/c1-9-21(26-14-13-25-17(2)24)27-19-12-10-11-18(15-19)20(23(6,7)8)16-22(3,4)5/h10-12,15,20-21H,9,13-14,16H2,1-8H3. The first-order valence-corrected chi connectivity index (χ1v) is 9.94. The lowest BCUT2D eigenvalue weighted by Crippen LogP contribution is -2.24. The Bertz CT molecular complexity index is 581. The van der Waals surface area contributed by atoms with Gasteiger partial charge >= 0.3 is 5.97 Å². The molecule has 154 valence electrons. The van der Waals surface area contributed by atoms with Gasteiger partial charge in [-0.3, -0.25) is 4.79 Å². The van der Waals surface area contributed by atoms with Gasteiger partial charge < -0.3 is 14.2 Å². The fourth-order valence-corrected chi connectivity index (χ4v) is 3.09. The van der Waals surface area contributed by atoms with E-state index in [0.29, 0.717) is 12.5 Å². The van der Waals surface area contributed by atoms with Crippen molar-refractivity contribution in [2.24, 2.45) is 10.8 Å². The van der Waals surface area contributed by atoms with E-state index >= 15 is 0 Å². The molecule has 1 aromatic carbocycles. The van der Waals surface area contributed by atoms with Gasteiger partial charge in [-0.1, -0.05) is 60.6 Å². The zero-order valence-electron chi connectivity index (χ0n) is 18.4. The number of esters is 1. The summed E-state index contributed by atoms with van der Waals surface area (Å²) < 4.78 is 16.6. The maximum atomic E-state index is 10.8. The van der Waals surface area contributed by atoms with E-state index in [0.717, 1.165) is 18.6 Å². The molecule has 0 fully saturated rings. The molecule has 2 atom stereocenters. The van der Waals surface area contributed by atoms with E-state index in [1.165, 1.54) is 12.5 Å². The molecular weight excluding hydrogens is 340 g/mol. The zero-order valence-corrected chi connectivity index (χ0v) is 18.4. The third kappa shape index (κ3) is 9.28. The van der Waals surface area contributed by atoms with Gasteiger partial charge in [0.05, 0.1) is 6.61 Å². The first kappa shape index (κ1) is 23.5. The van der Waals surface area contributed by atoms with Crippen LogP contribution in [0.25, 0.3) is 0 Å². The van der Waals surface area contributed by atoms with E-state index in [1.807, 2.05) is 13.0 Å². The van der Waals surface area contributed by atoms with Crippen molar-refractivity contribution in [1.29, 1.82) is 0 Å². The predicted molar refractivity (Wildman–Crippen MR) is 110 cm³/mol. The Labute approximate surface area is 165 Å². The number of hydrogen-bond acceptors (Lipinski definition) is 4. The van der Waals surface area contributed by atoms with E-state index in [2.05, 4.69) is 59.7 Å². The minimum atomic E-state index is -0.355. The molecule has 27 heavy (non-hydrogen) atoms. The van der Waals surface area contributed by atoms with Gasteiger partial charge in [-0.05, 0) is 40.9 Å². The first-order chi connectivity index (χ1) is 12.4. The van der Waals surface area contributed by atoms with Crippen LogP contribution in [0.5, 0.6) is 5.75 Å². The Morgan fingerprint density at radius 2 is 1.74 bits per heavy atom. The Balaban J connectivity index is 2.84. The summed E-state index contributed by atoms with van der Waals surface area (Å²) in [6.07, 6.45) is 1.47. The highest BCUT2D eigenvalue weighted by Crippen LogP contribution is 2.43. The van der Waals surface area contributed by atoms with Crippen LogP contribution in [-0.4, -0.2) is 25.5 Å².